The molecule has 1 amide bonds. The maximum absolute atomic E-state index is 12.6. The molecule has 7 heteroatoms. The van der Waals surface area contributed by atoms with Gasteiger partial charge in [0.25, 0.3) is 5.03 Å². The fraction of sp³-hybridized carbons (Fsp3) is 0.211. The molecule has 1 atom stereocenters. The summed E-state index contributed by atoms with van der Waals surface area (Å²) in [6, 6.07) is 14.9. The lowest BCUT2D eigenvalue weighted by Gasteiger charge is -2.13. The summed E-state index contributed by atoms with van der Waals surface area (Å²) >= 11 is 1.12. The van der Waals surface area contributed by atoms with Crippen molar-refractivity contribution in [1.29, 1.82) is 0 Å². The summed E-state index contributed by atoms with van der Waals surface area (Å²) in [5, 5.41) is 18.5. The van der Waals surface area contributed by atoms with Crippen LogP contribution in [0.2, 0.25) is 0 Å². The molecular formula is C19H19N3O3S. The van der Waals surface area contributed by atoms with Crippen molar-refractivity contribution >= 4 is 23.4 Å². The average Bonchev–Trinajstić information content (AvgIpc) is 3.00. The molecule has 2 aromatic carbocycles. The largest absolute Gasteiger partial charge is 0.538 e. The van der Waals surface area contributed by atoms with E-state index >= 15 is 0 Å². The van der Waals surface area contributed by atoms with Gasteiger partial charge in [0.2, 0.25) is 11.6 Å². The van der Waals surface area contributed by atoms with Gasteiger partial charge >= 0.3 is 0 Å². The Morgan fingerprint density at radius 1 is 1.19 bits per heavy atom. The van der Waals surface area contributed by atoms with Crippen LogP contribution in [0.3, 0.4) is 0 Å². The van der Waals surface area contributed by atoms with Crippen LogP contribution in [0, 0.1) is 13.8 Å². The molecule has 0 saturated heterocycles. The highest BCUT2D eigenvalue weighted by molar-refractivity contribution is 8.00. The van der Waals surface area contributed by atoms with Crippen molar-refractivity contribution in [1.82, 2.24) is 5.27 Å². The first-order chi connectivity index (χ1) is 12.5. The molecule has 0 aliphatic heterocycles. The van der Waals surface area contributed by atoms with Crippen molar-refractivity contribution in [3.8, 4) is 11.6 Å². The Morgan fingerprint density at radius 2 is 1.92 bits per heavy atom. The van der Waals surface area contributed by atoms with E-state index in [0.717, 1.165) is 28.6 Å². The van der Waals surface area contributed by atoms with Gasteiger partial charge in [-0.15, -0.1) is 0 Å². The number of amides is 1. The Balaban J connectivity index is 1.78. The normalized spacial score (nSPS) is 12.0. The van der Waals surface area contributed by atoms with Crippen LogP contribution < -0.4 is 15.1 Å². The van der Waals surface area contributed by atoms with Crippen molar-refractivity contribution in [2.45, 2.75) is 31.0 Å². The molecular weight excluding hydrogens is 350 g/mol. The third-order valence-corrected chi connectivity index (χ3v) is 5.22. The second kappa shape index (κ2) is 7.61. The minimum atomic E-state index is -0.565. The Kier molecular flexibility index (Phi) is 5.27. The van der Waals surface area contributed by atoms with Crippen LogP contribution in [0.5, 0.6) is 5.95 Å². The smallest absolute Gasteiger partial charge is 0.298 e. The van der Waals surface area contributed by atoms with Crippen molar-refractivity contribution in [3.63, 3.8) is 0 Å². The number of para-hydroxylation sites is 1. The van der Waals surface area contributed by atoms with Crippen molar-refractivity contribution in [2.75, 3.05) is 5.32 Å². The van der Waals surface area contributed by atoms with Gasteiger partial charge in [-0.2, -0.15) is 0 Å². The first kappa shape index (κ1) is 18.0. The quantitative estimate of drug-likeness (QED) is 0.552. The molecule has 3 aromatic rings. The Hall–Kier alpha value is -2.80. The zero-order valence-electron chi connectivity index (χ0n) is 14.7. The predicted molar refractivity (Wildman–Crippen MR) is 97.3 cm³/mol. The van der Waals surface area contributed by atoms with Gasteiger partial charge in [0.05, 0.1) is 10.5 Å². The fourth-order valence-corrected chi connectivity index (χ4v) is 3.29. The van der Waals surface area contributed by atoms with Gasteiger partial charge < -0.3 is 14.9 Å². The Morgan fingerprint density at radius 3 is 2.65 bits per heavy atom. The number of aromatic nitrogens is 2. The summed E-state index contributed by atoms with van der Waals surface area (Å²) in [7, 11) is 0. The van der Waals surface area contributed by atoms with E-state index < -0.39 is 11.2 Å². The third kappa shape index (κ3) is 3.72. The molecule has 0 spiro atoms. The van der Waals surface area contributed by atoms with E-state index in [1.807, 2.05) is 62.4 Å². The highest BCUT2D eigenvalue weighted by Gasteiger charge is 2.26. The van der Waals surface area contributed by atoms with Crippen LogP contribution >= 0.6 is 11.8 Å². The molecule has 0 bridgehead atoms. The van der Waals surface area contributed by atoms with Gasteiger partial charge in [-0.3, -0.25) is 4.79 Å². The predicted octanol–water partition coefficient (Wildman–Crippen LogP) is 2.76. The van der Waals surface area contributed by atoms with Crippen LogP contribution in [0.15, 0.2) is 58.1 Å². The second-order valence-electron chi connectivity index (χ2n) is 5.91. The molecule has 0 aliphatic carbocycles. The summed E-state index contributed by atoms with van der Waals surface area (Å²) < 4.78 is 6.20. The number of aryl methyl sites for hydroxylation is 1. The number of carbonyl (C=O) groups is 1. The number of benzene rings is 2. The van der Waals surface area contributed by atoms with Crippen LogP contribution in [-0.2, 0) is 4.79 Å². The van der Waals surface area contributed by atoms with E-state index in [1.165, 1.54) is 4.68 Å². The van der Waals surface area contributed by atoms with E-state index in [-0.39, 0.29) is 10.9 Å². The van der Waals surface area contributed by atoms with Crippen LogP contribution in [0.4, 0.5) is 5.69 Å². The number of hydrogen-bond acceptors (Lipinski definition) is 5. The monoisotopic (exact) mass is 369 g/mol. The molecule has 3 rings (SSSR count). The lowest BCUT2D eigenvalue weighted by molar-refractivity contribution is -0.705. The molecule has 0 saturated carbocycles. The molecule has 134 valence electrons. The van der Waals surface area contributed by atoms with Crippen LogP contribution in [0.25, 0.3) is 5.69 Å². The number of rotatable bonds is 5. The van der Waals surface area contributed by atoms with E-state index in [4.69, 9.17) is 4.52 Å². The molecule has 1 heterocycles. The molecule has 26 heavy (non-hydrogen) atoms. The molecule has 1 N–H and O–H groups in total. The first-order valence-corrected chi connectivity index (χ1v) is 9.03. The van der Waals surface area contributed by atoms with Gasteiger partial charge in [0, 0.05) is 17.8 Å². The van der Waals surface area contributed by atoms with E-state index in [0.29, 0.717) is 5.69 Å². The Bertz CT molecular complexity index is 925. The summed E-state index contributed by atoms with van der Waals surface area (Å²) in [4.78, 5) is 12.6. The maximum Gasteiger partial charge on any atom is 0.298 e. The summed E-state index contributed by atoms with van der Waals surface area (Å²) in [6.07, 6.45) is 0. The first-order valence-electron chi connectivity index (χ1n) is 8.15. The standard InChI is InChI=1S/C19H19N3O3S/c1-12-8-7-11-16(13(12)2)20-17(23)14(3)26-18-19(24)25-21-22(18)15-9-5-4-6-10-15/h4-11,14H,1-3H3,(H-,20,21,23,24). The number of carbonyl (C=O) groups excluding carboxylic acids is 1. The summed E-state index contributed by atoms with van der Waals surface area (Å²) in [6.45, 7) is 5.70. The zero-order chi connectivity index (χ0) is 18.7. The number of anilines is 1. The minimum absolute atomic E-state index is 0.191. The second-order valence-corrected chi connectivity index (χ2v) is 7.24. The van der Waals surface area contributed by atoms with Crippen molar-refractivity contribution in [3.05, 3.63) is 59.7 Å². The van der Waals surface area contributed by atoms with Crippen molar-refractivity contribution < 1.29 is 19.1 Å². The van der Waals surface area contributed by atoms with E-state index in [2.05, 4.69) is 10.6 Å². The molecule has 0 aliphatic rings. The number of thioether (sulfide) groups is 1. The average molecular weight is 369 g/mol. The summed E-state index contributed by atoms with van der Waals surface area (Å²) in [5.74, 6) is -0.755. The van der Waals surface area contributed by atoms with Gasteiger partial charge in [-0.05, 0) is 54.4 Å². The van der Waals surface area contributed by atoms with Gasteiger partial charge in [-0.25, -0.2) is 0 Å². The number of nitrogens with one attached hydrogen (secondary N) is 1. The molecule has 0 radical (unpaired) electrons. The summed E-state index contributed by atoms with van der Waals surface area (Å²) in [5.41, 5.74) is 3.59. The van der Waals surface area contributed by atoms with Crippen LogP contribution in [0.1, 0.15) is 18.1 Å². The maximum atomic E-state index is 12.6. The number of nitrogens with zero attached hydrogens (tertiary/aromatic N) is 2. The molecule has 1 unspecified atom stereocenters. The van der Waals surface area contributed by atoms with Crippen molar-refractivity contribution in [2.24, 2.45) is 0 Å². The number of hydrogen-bond donors (Lipinski definition) is 1. The van der Waals surface area contributed by atoms with Crippen LogP contribution in [-0.4, -0.2) is 16.4 Å². The van der Waals surface area contributed by atoms with Gasteiger partial charge in [-0.1, -0.05) is 30.3 Å². The molecule has 0 fully saturated rings. The molecule has 6 nitrogen and oxygen atoms in total. The topological polar surface area (TPSA) is 82.1 Å². The van der Waals surface area contributed by atoms with E-state index in [1.54, 1.807) is 6.92 Å². The minimum Gasteiger partial charge on any atom is -0.538 e. The van der Waals surface area contributed by atoms with E-state index in [9.17, 15) is 9.90 Å². The SMILES string of the molecule is Cc1cccc(NC(=O)C(C)Sc2c([O-])on[n+]2-c2ccccc2)c1C. The molecule has 1 aromatic heterocycles. The van der Waals surface area contributed by atoms with Gasteiger partial charge in [0.1, 0.15) is 0 Å². The highest BCUT2D eigenvalue weighted by Crippen LogP contribution is 2.28. The lowest BCUT2D eigenvalue weighted by Crippen LogP contribution is -2.36. The lowest BCUT2D eigenvalue weighted by atomic mass is 10.1. The Labute approximate surface area is 155 Å². The third-order valence-electron chi connectivity index (χ3n) is 4.09. The fourth-order valence-electron chi connectivity index (χ4n) is 2.41. The highest BCUT2D eigenvalue weighted by atomic mass is 32.2. The zero-order valence-corrected chi connectivity index (χ0v) is 15.5. The van der Waals surface area contributed by atoms with Gasteiger partial charge in [0.15, 0.2) is 5.95 Å².